The maximum atomic E-state index is 13.0. The van der Waals surface area contributed by atoms with Gasteiger partial charge in [0.05, 0.1) is 24.3 Å². The fourth-order valence-electron chi connectivity index (χ4n) is 2.24. The smallest absolute Gasteiger partial charge is 0.418 e. The van der Waals surface area contributed by atoms with Gasteiger partial charge in [-0.15, -0.1) is 0 Å². The van der Waals surface area contributed by atoms with Crippen molar-refractivity contribution in [3.05, 3.63) is 29.6 Å². The number of nitrogens with zero attached hydrogens (tertiary/aromatic N) is 1. The molecule has 1 aliphatic heterocycles. The molecule has 0 aromatic heterocycles. The van der Waals surface area contributed by atoms with E-state index in [2.05, 4.69) is 4.74 Å². The normalized spacial score (nSPS) is 19.0. The number of alkyl halides is 3. The summed E-state index contributed by atoms with van der Waals surface area (Å²) >= 11 is 0. The van der Waals surface area contributed by atoms with Crippen molar-refractivity contribution in [3.63, 3.8) is 0 Å². The van der Waals surface area contributed by atoms with Crippen LogP contribution in [0.2, 0.25) is 0 Å². The predicted octanol–water partition coefficient (Wildman–Crippen LogP) is 2.37. The summed E-state index contributed by atoms with van der Waals surface area (Å²) in [7, 11) is 1.13. The number of ether oxygens (including phenoxy) is 1. The van der Waals surface area contributed by atoms with Crippen molar-refractivity contribution in [1.82, 2.24) is 0 Å². The Hall–Kier alpha value is -2.12. The maximum Gasteiger partial charge on any atom is 0.418 e. The Bertz CT molecular complexity index is 585. The molecule has 0 bridgehead atoms. The van der Waals surface area contributed by atoms with E-state index in [1.54, 1.807) is 0 Å². The Morgan fingerprint density at radius 2 is 2.05 bits per heavy atom. The third kappa shape index (κ3) is 2.98. The molecule has 1 saturated heterocycles. The van der Waals surface area contributed by atoms with Crippen molar-refractivity contribution in [1.29, 1.82) is 0 Å². The number of amides is 1. The Balaban J connectivity index is 2.39. The molecule has 1 unspecified atom stereocenters. The van der Waals surface area contributed by atoms with E-state index in [9.17, 15) is 27.2 Å². The zero-order valence-corrected chi connectivity index (χ0v) is 10.9. The van der Waals surface area contributed by atoms with Gasteiger partial charge in [-0.25, -0.2) is 4.39 Å². The van der Waals surface area contributed by atoms with Gasteiger partial charge in [-0.3, -0.25) is 9.59 Å². The first-order valence-electron chi connectivity index (χ1n) is 5.99. The molecule has 114 valence electrons. The summed E-state index contributed by atoms with van der Waals surface area (Å²) in [6.07, 6.45) is -5.04. The van der Waals surface area contributed by atoms with Gasteiger partial charge in [0.2, 0.25) is 5.91 Å². The first-order valence-corrected chi connectivity index (χ1v) is 5.99. The molecule has 0 N–H and O–H groups in total. The van der Waals surface area contributed by atoms with Gasteiger partial charge in [-0.05, 0) is 18.2 Å². The summed E-state index contributed by atoms with van der Waals surface area (Å²) in [6, 6.07) is 2.05. The van der Waals surface area contributed by atoms with Crippen LogP contribution in [0.5, 0.6) is 0 Å². The summed E-state index contributed by atoms with van der Waals surface area (Å²) in [5.41, 5.74) is -1.71. The van der Waals surface area contributed by atoms with Gasteiger partial charge in [0.1, 0.15) is 5.82 Å². The van der Waals surface area contributed by atoms with E-state index in [0.29, 0.717) is 6.07 Å². The van der Waals surface area contributed by atoms with Gasteiger partial charge in [0, 0.05) is 13.0 Å². The van der Waals surface area contributed by atoms with E-state index in [4.69, 9.17) is 0 Å². The average Bonchev–Trinajstić information content (AvgIpc) is 2.79. The van der Waals surface area contributed by atoms with Crippen LogP contribution in [0.25, 0.3) is 0 Å². The van der Waals surface area contributed by atoms with Gasteiger partial charge in [-0.2, -0.15) is 13.2 Å². The number of anilines is 1. The van der Waals surface area contributed by atoms with Crippen molar-refractivity contribution in [2.75, 3.05) is 18.6 Å². The average molecular weight is 305 g/mol. The number of esters is 1. The number of carbonyl (C=O) groups excluding carboxylic acids is 2. The third-order valence-electron chi connectivity index (χ3n) is 3.21. The van der Waals surface area contributed by atoms with Crippen molar-refractivity contribution < 1.29 is 31.9 Å². The maximum absolute atomic E-state index is 13.0. The van der Waals surface area contributed by atoms with Gasteiger partial charge in [0.15, 0.2) is 0 Å². The molecular formula is C13H11F4NO3. The molecule has 1 atom stereocenters. The van der Waals surface area contributed by atoms with E-state index in [-0.39, 0.29) is 13.0 Å². The number of rotatable bonds is 2. The third-order valence-corrected chi connectivity index (χ3v) is 3.21. The highest BCUT2D eigenvalue weighted by atomic mass is 19.4. The quantitative estimate of drug-likeness (QED) is 0.622. The van der Waals surface area contributed by atoms with Crippen LogP contribution in [0.4, 0.5) is 23.2 Å². The van der Waals surface area contributed by atoms with Crippen LogP contribution < -0.4 is 4.90 Å². The molecule has 1 fully saturated rings. The largest absolute Gasteiger partial charge is 0.469 e. The van der Waals surface area contributed by atoms with Gasteiger partial charge >= 0.3 is 12.1 Å². The van der Waals surface area contributed by atoms with Crippen LogP contribution in [0, 0.1) is 11.7 Å². The highest BCUT2D eigenvalue weighted by Crippen LogP contribution is 2.39. The van der Waals surface area contributed by atoms with Crippen LogP contribution in [0.3, 0.4) is 0 Å². The molecule has 4 nitrogen and oxygen atoms in total. The topological polar surface area (TPSA) is 46.6 Å². The van der Waals surface area contributed by atoms with Crippen LogP contribution in [0.15, 0.2) is 18.2 Å². The SMILES string of the molecule is COC(=O)C1CC(=O)N(c2ccc(F)cc2C(F)(F)F)C1. The highest BCUT2D eigenvalue weighted by molar-refractivity contribution is 6.00. The van der Waals surface area contributed by atoms with E-state index in [0.717, 1.165) is 24.1 Å². The highest BCUT2D eigenvalue weighted by Gasteiger charge is 2.41. The predicted molar refractivity (Wildman–Crippen MR) is 63.9 cm³/mol. The molecule has 2 rings (SSSR count). The minimum absolute atomic E-state index is 0.222. The summed E-state index contributed by atoms with van der Waals surface area (Å²) in [5, 5.41) is 0. The summed E-state index contributed by atoms with van der Waals surface area (Å²) in [6.45, 7) is -0.222. The molecule has 1 heterocycles. The second kappa shape index (κ2) is 5.34. The van der Waals surface area contributed by atoms with Crippen molar-refractivity contribution in [3.8, 4) is 0 Å². The molecule has 1 aromatic rings. The molecule has 0 aliphatic carbocycles. The van der Waals surface area contributed by atoms with Gasteiger partial charge in [0.25, 0.3) is 0 Å². The van der Waals surface area contributed by atoms with Crippen molar-refractivity contribution in [2.45, 2.75) is 12.6 Å². The molecule has 0 spiro atoms. The first-order chi connectivity index (χ1) is 9.74. The number of benzene rings is 1. The molecule has 0 saturated carbocycles. The summed E-state index contributed by atoms with van der Waals surface area (Å²) in [4.78, 5) is 24.1. The number of methoxy groups -OCH3 is 1. The van der Waals surface area contributed by atoms with Crippen LogP contribution >= 0.6 is 0 Å². The number of hydrogen-bond donors (Lipinski definition) is 0. The monoisotopic (exact) mass is 305 g/mol. The van der Waals surface area contributed by atoms with Gasteiger partial charge < -0.3 is 9.64 Å². The lowest BCUT2D eigenvalue weighted by molar-refractivity contribution is -0.145. The summed E-state index contributed by atoms with van der Waals surface area (Å²) < 4.78 is 56.3. The Labute approximate surface area is 117 Å². The molecule has 1 amide bonds. The fourth-order valence-corrected chi connectivity index (χ4v) is 2.24. The minimum atomic E-state index is -4.80. The van der Waals surface area contributed by atoms with E-state index < -0.39 is 41.0 Å². The van der Waals surface area contributed by atoms with E-state index >= 15 is 0 Å². The van der Waals surface area contributed by atoms with Crippen LogP contribution in [0.1, 0.15) is 12.0 Å². The Morgan fingerprint density at radius 1 is 1.38 bits per heavy atom. The lowest BCUT2D eigenvalue weighted by Gasteiger charge is -2.21. The number of carbonyl (C=O) groups is 2. The number of hydrogen-bond acceptors (Lipinski definition) is 3. The minimum Gasteiger partial charge on any atom is -0.469 e. The summed E-state index contributed by atoms with van der Waals surface area (Å²) in [5.74, 6) is -3.18. The first kappa shape index (κ1) is 15.3. The lowest BCUT2D eigenvalue weighted by Crippen LogP contribution is -2.28. The van der Waals surface area contributed by atoms with Gasteiger partial charge in [-0.1, -0.05) is 0 Å². The second-order valence-corrected chi connectivity index (χ2v) is 4.59. The van der Waals surface area contributed by atoms with Crippen LogP contribution in [-0.4, -0.2) is 25.5 Å². The lowest BCUT2D eigenvalue weighted by atomic mass is 10.1. The Morgan fingerprint density at radius 3 is 2.62 bits per heavy atom. The Kier molecular flexibility index (Phi) is 3.89. The van der Waals surface area contributed by atoms with Crippen molar-refractivity contribution >= 4 is 17.6 Å². The van der Waals surface area contributed by atoms with Crippen LogP contribution in [-0.2, 0) is 20.5 Å². The molecule has 8 heteroatoms. The molecule has 1 aliphatic rings. The van der Waals surface area contributed by atoms with E-state index in [1.807, 2.05) is 0 Å². The molecule has 0 radical (unpaired) electrons. The molecular weight excluding hydrogens is 294 g/mol. The fraction of sp³-hybridized carbons (Fsp3) is 0.385. The standard InChI is InChI=1S/C13H11F4NO3/c1-21-12(20)7-4-11(19)18(6-7)10-3-2-8(14)5-9(10)13(15,16)17/h2-3,5,7H,4,6H2,1H3. The van der Waals surface area contributed by atoms with E-state index in [1.165, 1.54) is 0 Å². The second-order valence-electron chi connectivity index (χ2n) is 4.59. The zero-order chi connectivity index (χ0) is 15.8. The van der Waals surface area contributed by atoms with Crippen molar-refractivity contribution in [2.24, 2.45) is 5.92 Å². The number of halogens is 4. The molecule has 21 heavy (non-hydrogen) atoms. The zero-order valence-electron chi connectivity index (χ0n) is 10.9. The molecule has 1 aromatic carbocycles.